The highest BCUT2D eigenvalue weighted by Gasteiger charge is 2.16. The fourth-order valence-corrected chi connectivity index (χ4v) is 1.70. The molecule has 0 aliphatic heterocycles. The van der Waals surface area contributed by atoms with E-state index in [2.05, 4.69) is 15.9 Å². The van der Waals surface area contributed by atoms with Gasteiger partial charge in [0.25, 0.3) is 0 Å². The summed E-state index contributed by atoms with van der Waals surface area (Å²) in [6.07, 6.45) is -0.433. The first kappa shape index (κ1) is 11.4. The van der Waals surface area contributed by atoms with E-state index in [0.717, 1.165) is 10.0 Å². The van der Waals surface area contributed by atoms with Crippen LogP contribution in [-0.4, -0.2) is 12.4 Å². The van der Waals surface area contributed by atoms with Gasteiger partial charge >= 0.3 is 0 Å². The van der Waals surface area contributed by atoms with Crippen LogP contribution in [0.5, 0.6) is 0 Å². The van der Waals surface area contributed by atoms with Crippen molar-refractivity contribution < 1.29 is 9.53 Å². The van der Waals surface area contributed by atoms with Crippen LogP contribution < -0.4 is 0 Å². The summed E-state index contributed by atoms with van der Waals surface area (Å²) in [7, 11) is 0. The molecule has 76 valence electrons. The topological polar surface area (TPSA) is 26.3 Å². The number of ketones is 1. The number of Topliss-reactive ketones (excluding diaryl/α,β-unsaturated/α-hetero) is 1. The summed E-state index contributed by atoms with van der Waals surface area (Å²) in [4.78, 5) is 11.3. The molecule has 1 atom stereocenters. The first-order chi connectivity index (χ1) is 6.65. The number of carbonyl (C=O) groups is 1. The van der Waals surface area contributed by atoms with Gasteiger partial charge in [-0.2, -0.15) is 0 Å². The van der Waals surface area contributed by atoms with Crippen LogP contribution in [-0.2, 0) is 9.53 Å². The molecule has 0 amide bonds. The monoisotopic (exact) mass is 256 g/mol. The van der Waals surface area contributed by atoms with E-state index in [-0.39, 0.29) is 5.78 Å². The lowest BCUT2D eigenvalue weighted by atomic mass is 10.1. The van der Waals surface area contributed by atoms with Gasteiger partial charge in [0, 0.05) is 11.1 Å². The van der Waals surface area contributed by atoms with Gasteiger partial charge < -0.3 is 4.74 Å². The normalized spacial score (nSPS) is 12.5. The molecule has 1 aromatic rings. The molecule has 14 heavy (non-hydrogen) atoms. The van der Waals surface area contributed by atoms with Crippen LogP contribution in [0.15, 0.2) is 28.7 Å². The minimum absolute atomic E-state index is 0.0324. The number of benzene rings is 1. The second-order valence-corrected chi connectivity index (χ2v) is 3.92. The molecule has 0 saturated heterocycles. The van der Waals surface area contributed by atoms with Gasteiger partial charge in [-0.3, -0.25) is 4.79 Å². The fourth-order valence-electron chi connectivity index (χ4n) is 1.28. The predicted molar refractivity (Wildman–Crippen MR) is 59.2 cm³/mol. The number of rotatable bonds is 4. The van der Waals surface area contributed by atoms with Gasteiger partial charge in [0.2, 0.25) is 0 Å². The Morgan fingerprint density at radius 3 is 2.79 bits per heavy atom. The van der Waals surface area contributed by atoms with Crippen LogP contribution in [0.1, 0.15) is 25.5 Å². The van der Waals surface area contributed by atoms with E-state index in [9.17, 15) is 4.79 Å². The van der Waals surface area contributed by atoms with E-state index in [0.29, 0.717) is 6.61 Å². The summed E-state index contributed by atoms with van der Waals surface area (Å²) < 4.78 is 6.33. The van der Waals surface area contributed by atoms with E-state index >= 15 is 0 Å². The lowest BCUT2D eigenvalue weighted by Crippen LogP contribution is -2.12. The smallest absolute Gasteiger partial charge is 0.163 e. The van der Waals surface area contributed by atoms with Gasteiger partial charge in [-0.25, -0.2) is 0 Å². The quantitative estimate of drug-likeness (QED) is 0.828. The van der Waals surface area contributed by atoms with Crippen LogP contribution in [0.2, 0.25) is 0 Å². The van der Waals surface area contributed by atoms with Crippen molar-refractivity contribution in [3.8, 4) is 0 Å². The second kappa shape index (κ2) is 5.27. The molecule has 0 aliphatic rings. The molecule has 0 aromatic heterocycles. The third-order valence-electron chi connectivity index (χ3n) is 1.85. The Bertz CT molecular complexity index is 323. The molecule has 3 heteroatoms. The molecule has 0 bridgehead atoms. The molecule has 0 radical (unpaired) electrons. The molecule has 0 heterocycles. The molecular weight excluding hydrogens is 244 g/mol. The molecule has 0 spiro atoms. The Labute approximate surface area is 92.4 Å². The number of hydrogen-bond donors (Lipinski definition) is 0. The van der Waals surface area contributed by atoms with Crippen LogP contribution in [0.4, 0.5) is 0 Å². The zero-order valence-corrected chi connectivity index (χ0v) is 9.87. The largest absolute Gasteiger partial charge is 0.366 e. The van der Waals surface area contributed by atoms with Crippen molar-refractivity contribution in [3.05, 3.63) is 34.3 Å². The summed E-state index contributed by atoms with van der Waals surface area (Å²) in [5.41, 5.74) is 0.897. The van der Waals surface area contributed by atoms with E-state index in [4.69, 9.17) is 4.74 Å². The van der Waals surface area contributed by atoms with Gasteiger partial charge in [0.15, 0.2) is 5.78 Å². The number of ether oxygens (including phenoxy) is 1. The highest BCUT2D eigenvalue weighted by atomic mass is 79.9. The SMILES string of the molecule is CCOC(C(C)=O)c1cccc(Br)c1. The minimum atomic E-state index is -0.433. The number of carbonyl (C=O) groups excluding carboxylic acids is 1. The predicted octanol–water partition coefficient (Wildman–Crippen LogP) is 3.12. The lowest BCUT2D eigenvalue weighted by Gasteiger charge is -2.14. The van der Waals surface area contributed by atoms with Crippen molar-refractivity contribution in [2.24, 2.45) is 0 Å². The van der Waals surface area contributed by atoms with Crippen molar-refractivity contribution in [3.63, 3.8) is 0 Å². The van der Waals surface area contributed by atoms with E-state index in [1.165, 1.54) is 0 Å². The zero-order chi connectivity index (χ0) is 10.6. The summed E-state index contributed by atoms with van der Waals surface area (Å²) in [6.45, 7) is 3.96. The van der Waals surface area contributed by atoms with Crippen LogP contribution >= 0.6 is 15.9 Å². The zero-order valence-electron chi connectivity index (χ0n) is 8.29. The molecule has 1 aromatic carbocycles. The summed E-state index contributed by atoms with van der Waals surface area (Å²) in [5.74, 6) is 0.0324. The van der Waals surface area contributed by atoms with Crippen molar-refractivity contribution in [2.45, 2.75) is 20.0 Å². The highest BCUT2D eigenvalue weighted by Crippen LogP contribution is 2.21. The second-order valence-electron chi connectivity index (χ2n) is 3.00. The maximum Gasteiger partial charge on any atom is 0.163 e. The van der Waals surface area contributed by atoms with Crippen molar-refractivity contribution in [2.75, 3.05) is 6.61 Å². The first-order valence-electron chi connectivity index (χ1n) is 4.52. The summed E-state index contributed by atoms with van der Waals surface area (Å²) in [5, 5.41) is 0. The van der Waals surface area contributed by atoms with Crippen LogP contribution in [0.3, 0.4) is 0 Å². The third-order valence-corrected chi connectivity index (χ3v) is 2.35. The van der Waals surface area contributed by atoms with Crippen molar-refractivity contribution >= 4 is 21.7 Å². The third kappa shape index (κ3) is 2.93. The van der Waals surface area contributed by atoms with Gasteiger partial charge in [0.1, 0.15) is 6.10 Å². The Hall–Kier alpha value is -0.670. The van der Waals surface area contributed by atoms with Gasteiger partial charge in [-0.1, -0.05) is 28.1 Å². The number of halogens is 1. The van der Waals surface area contributed by atoms with Crippen LogP contribution in [0.25, 0.3) is 0 Å². The fraction of sp³-hybridized carbons (Fsp3) is 0.364. The van der Waals surface area contributed by atoms with Crippen LogP contribution in [0, 0.1) is 0 Å². The minimum Gasteiger partial charge on any atom is -0.366 e. The molecule has 2 nitrogen and oxygen atoms in total. The number of hydrogen-bond acceptors (Lipinski definition) is 2. The maximum atomic E-state index is 11.3. The first-order valence-corrected chi connectivity index (χ1v) is 5.32. The Morgan fingerprint density at radius 2 is 2.29 bits per heavy atom. The molecule has 0 aliphatic carbocycles. The maximum absolute atomic E-state index is 11.3. The van der Waals surface area contributed by atoms with E-state index in [1.807, 2.05) is 31.2 Å². The average molecular weight is 257 g/mol. The van der Waals surface area contributed by atoms with Gasteiger partial charge in [0.05, 0.1) is 0 Å². The Balaban J connectivity index is 2.93. The van der Waals surface area contributed by atoms with Crippen molar-refractivity contribution in [1.82, 2.24) is 0 Å². The average Bonchev–Trinajstić information content (AvgIpc) is 2.13. The molecule has 1 rings (SSSR count). The highest BCUT2D eigenvalue weighted by molar-refractivity contribution is 9.10. The standard InChI is InChI=1S/C11H13BrO2/c1-3-14-11(8(2)13)9-5-4-6-10(12)7-9/h4-7,11H,3H2,1-2H3. The summed E-state index contributed by atoms with van der Waals surface area (Å²) >= 11 is 3.36. The molecule has 1 unspecified atom stereocenters. The van der Waals surface area contributed by atoms with Crippen molar-refractivity contribution in [1.29, 1.82) is 0 Å². The molecule has 0 N–H and O–H groups in total. The Morgan fingerprint density at radius 1 is 1.57 bits per heavy atom. The molecule has 0 fully saturated rings. The van der Waals surface area contributed by atoms with Gasteiger partial charge in [-0.15, -0.1) is 0 Å². The molecule has 0 saturated carbocycles. The summed E-state index contributed by atoms with van der Waals surface area (Å²) in [6, 6.07) is 7.62. The van der Waals surface area contributed by atoms with E-state index < -0.39 is 6.10 Å². The van der Waals surface area contributed by atoms with E-state index in [1.54, 1.807) is 6.92 Å². The lowest BCUT2D eigenvalue weighted by molar-refractivity contribution is -0.128. The van der Waals surface area contributed by atoms with Gasteiger partial charge in [-0.05, 0) is 31.5 Å². The molecular formula is C11H13BrO2. The Kier molecular flexibility index (Phi) is 4.29.